The van der Waals surface area contributed by atoms with Gasteiger partial charge in [-0.2, -0.15) is 0 Å². The highest BCUT2D eigenvalue weighted by atomic mass is 16.3. The van der Waals surface area contributed by atoms with E-state index in [0.717, 1.165) is 25.9 Å². The van der Waals surface area contributed by atoms with Crippen molar-refractivity contribution in [2.24, 2.45) is 0 Å². The summed E-state index contributed by atoms with van der Waals surface area (Å²) in [5, 5.41) is 13.2. The number of carbonyl (C=O) groups is 1. The van der Waals surface area contributed by atoms with Crippen LogP contribution in [0.1, 0.15) is 40.0 Å². The lowest BCUT2D eigenvalue weighted by Crippen LogP contribution is -2.54. The Morgan fingerprint density at radius 2 is 2.07 bits per heavy atom. The molecule has 4 nitrogen and oxygen atoms in total. The monoisotopic (exact) mass is 214 g/mol. The van der Waals surface area contributed by atoms with Crippen molar-refractivity contribution in [3.05, 3.63) is 0 Å². The molecule has 1 amide bonds. The second kappa shape index (κ2) is 5.47. The maximum Gasteiger partial charge on any atom is 0.237 e. The van der Waals surface area contributed by atoms with Crippen molar-refractivity contribution in [3.8, 4) is 0 Å². The van der Waals surface area contributed by atoms with Crippen LogP contribution in [-0.2, 0) is 4.79 Å². The van der Waals surface area contributed by atoms with Gasteiger partial charge >= 0.3 is 0 Å². The Hall–Kier alpha value is -0.610. The first-order chi connectivity index (χ1) is 7.02. The van der Waals surface area contributed by atoms with Gasteiger partial charge in [0.25, 0.3) is 0 Å². The van der Waals surface area contributed by atoms with Gasteiger partial charge in [-0.15, -0.1) is 0 Å². The second-order valence-corrected chi connectivity index (χ2v) is 4.53. The van der Waals surface area contributed by atoms with E-state index in [-0.39, 0.29) is 18.1 Å². The normalized spacial score (nSPS) is 21.1. The summed E-state index contributed by atoms with van der Waals surface area (Å²) in [4.78, 5) is 11.7. The minimum absolute atomic E-state index is 0.210. The van der Waals surface area contributed by atoms with E-state index >= 15 is 0 Å². The Bertz CT molecular complexity index is 217. The molecular weight excluding hydrogens is 192 g/mol. The first kappa shape index (κ1) is 12.5. The van der Waals surface area contributed by atoms with Gasteiger partial charge in [0.1, 0.15) is 0 Å². The highest BCUT2D eigenvalue weighted by molar-refractivity contribution is 5.76. The molecule has 88 valence electrons. The molecule has 0 aromatic carbocycles. The predicted octanol–water partition coefficient (Wildman–Crippen LogP) is 1.01. The van der Waals surface area contributed by atoms with E-state index < -0.39 is 0 Å². The van der Waals surface area contributed by atoms with E-state index in [0.29, 0.717) is 6.42 Å². The molecule has 0 aromatic rings. The molecule has 0 radical (unpaired) electrons. The molecule has 1 fully saturated rings. The third-order valence-electron chi connectivity index (χ3n) is 2.66. The molecule has 1 aliphatic rings. The van der Waals surface area contributed by atoms with Crippen LogP contribution in [0.25, 0.3) is 0 Å². The number of hydrogen-bond donors (Lipinski definition) is 1. The highest BCUT2D eigenvalue weighted by Crippen LogP contribution is 2.16. The lowest BCUT2D eigenvalue weighted by molar-refractivity contribution is -0.161. The number of aliphatic hydroxyl groups is 1. The van der Waals surface area contributed by atoms with Crippen molar-refractivity contribution in [1.82, 2.24) is 10.0 Å². The van der Waals surface area contributed by atoms with Crippen LogP contribution < -0.4 is 0 Å². The Kier molecular flexibility index (Phi) is 4.54. The van der Waals surface area contributed by atoms with Crippen molar-refractivity contribution in [2.75, 3.05) is 13.1 Å². The van der Waals surface area contributed by atoms with E-state index in [2.05, 4.69) is 5.01 Å². The number of aliphatic hydroxyl groups excluding tert-OH is 1. The van der Waals surface area contributed by atoms with Crippen molar-refractivity contribution in [3.63, 3.8) is 0 Å². The number of hydrazine groups is 1. The molecule has 1 atom stereocenters. The minimum Gasteiger partial charge on any atom is -0.393 e. The molecule has 1 saturated heterocycles. The molecule has 0 aromatic heterocycles. The third kappa shape index (κ3) is 3.47. The molecule has 0 saturated carbocycles. The number of amides is 1. The minimum atomic E-state index is -0.295. The number of carbonyl (C=O) groups excluding carboxylic acids is 1. The zero-order chi connectivity index (χ0) is 11.4. The van der Waals surface area contributed by atoms with Crippen molar-refractivity contribution in [1.29, 1.82) is 0 Å². The van der Waals surface area contributed by atoms with Gasteiger partial charge in [0.2, 0.25) is 5.91 Å². The Balaban J connectivity index is 2.55. The molecule has 4 heteroatoms. The number of hydrogen-bond acceptors (Lipinski definition) is 3. The number of nitrogens with zero attached hydrogens (tertiary/aromatic N) is 2. The van der Waals surface area contributed by atoms with E-state index in [9.17, 15) is 9.90 Å². The van der Waals surface area contributed by atoms with Gasteiger partial charge in [-0.25, -0.2) is 5.01 Å². The van der Waals surface area contributed by atoms with Gasteiger partial charge in [0.15, 0.2) is 0 Å². The maximum absolute atomic E-state index is 11.7. The smallest absolute Gasteiger partial charge is 0.237 e. The molecule has 0 aliphatic carbocycles. The number of rotatable bonds is 4. The molecule has 1 aliphatic heterocycles. The van der Waals surface area contributed by atoms with E-state index in [1.807, 2.05) is 18.9 Å². The second-order valence-electron chi connectivity index (χ2n) is 4.53. The first-order valence-electron chi connectivity index (χ1n) is 5.77. The fraction of sp³-hybridized carbons (Fsp3) is 0.909. The largest absolute Gasteiger partial charge is 0.393 e. The lowest BCUT2D eigenvalue weighted by atomic mass is 10.2. The zero-order valence-electron chi connectivity index (χ0n) is 9.94. The van der Waals surface area contributed by atoms with Crippen LogP contribution in [0.4, 0.5) is 0 Å². The Morgan fingerprint density at radius 3 is 2.60 bits per heavy atom. The van der Waals surface area contributed by atoms with Gasteiger partial charge in [-0.05, 0) is 33.6 Å². The summed E-state index contributed by atoms with van der Waals surface area (Å²) in [5.41, 5.74) is 0. The van der Waals surface area contributed by atoms with Crippen LogP contribution in [0.2, 0.25) is 0 Å². The molecule has 15 heavy (non-hydrogen) atoms. The summed E-state index contributed by atoms with van der Waals surface area (Å²) in [6.45, 7) is 7.53. The maximum atomic E-state index is 11.7. The van der Waals surface area contributed by atoms with Gasteiger partial charge in [0, 0.05) is 25.6 Å². The van der Waals surface area contributed by atoms with Gasteiger partial charge in [-0.1, -0.05) is 0 Å². The summed E-state index contributed by atoms with van der Waals surface area (Å²) >= 11 is 0. The van der Waals surface area contributed by atoms with Crippen molar-refractivity contribution < 1.29 is 9.90 Å². The van der Waals surface area contributed by atoms with Crippen molar-refractivity contribution >= 4 is 5.91 Å². The first-order valence-corrected chi connectivity index (χ1v) is 5.77. The summed E-state index contributed by atoms with van der Waals surface area (Å²) < 4.78 is 0. The van der Waals surface area contributed by atoms with E-state index in [4.69, 9.17) is 0 Å². The van der Waals surface area contributed by atoms with Gasteiger partial charge in [0.05, 0.1) is 6.10 Å². The average molecular weight is 214 g/mol. The molecule has 1 N–H and O–H groups in total. The van der Waals surface area contributed by atoms with E-state index in [1.165, 1.54) is 0 Å². The van der Waals surface area contributed by atoms with E-state index in [1.54, 1.807) is 6.92 Å². The van der Waals surface area contributed by atoms with Crippen LogP contribution in [-0.4, -0.2) is 46.3 Å². The SMILES string of the molecule is CC(O)CCN1CCCC(=O)N1C(C)C. The molecule has 0 bridgehead atoms. The predicted molar refractivity (Wildman–Crippen MR) is 59.1 cm³/mol. The molecule has 0 spiro atoms. The van der Waals surface area contributed by atoms with Gasteiger partial charge in [-0.3, -0.25) is 9.80 Å². The third-order valence-corrected chi connectivity index (χ3v) is 2.66. The summed E-state index contributed by atoms with van der Waals surface area (Å²) in [5.74, 6) is 0.210. The van der Waals surface area contributed by atoms with Crippen LogP contribution in [0.5, 0.6) is 0 Å². The fourth-order valence-electron chi connectivity index (χ4n) is 1.96. The van der Waals surface area contributed by atoms with Crippen molar-refractivity contribution in [2.45, 2.75) is 52.2 Å². The van der Waals surface area contributed by atoms with Gasteiger partial charge < -0.3 is 5.11 Å². The van der Waals surface area contributed by atoms with Crippen LogP contribution in [0, 0.1) is 0 Å². The highest BCUT2D eigenvalue weighted by Gasteiger charge is 2.27. The standard InChI is InChI=1S/C11H22N2O2/c1-9(2)13-11(15)5-4-7-12(13)8-6-10(3)14/h9-10,14H,4-8H2,1-3H3. The van der Waals surface area contributed by atoms with Crippen LogP contribution in [0.3, 0.4) is 0 Å². The molecular formula is C11H22N2O2. The molecule has 1 heterocycles. The Morgan fingerprint density at radius 1 is 1.40 bits per heavy atom. The summed E-state index contributed by atoms with van der Waals surface area (Å²) in [6.07, 6.45) is 2.01. The van der Waals surface area contributed by atoms with Crippen LogP contribution >= 0.6 is 0 Å². The summed E-state index contributed by atoms with van der Waals surface area (Å²) in [7, 11) is 0. The Labute approximate surface area is 91.8 Å². The molecule has 1 unspecified atom stereocenters. The quantitative estimate of drug-likeness (QED) is 0.759. The average Bonchev–Trinajstić information content (AvgIpc) is 2.13. The molecule has 1 rings (SSSR count). The van der Waals surface area contributed by atoms with Crippen LogP contribution in [0.15, 0.2) is 0 Å². The summed E-state index contributed by atoms with van der Waals surface area (Å²) in [6, 6.07) is 0.215. The zero-order valence-corrected chi connectivity index (χ0v) is 9.94. The fourth-order valence-corrected chi connectivity index (χ4v) is 1.96. The lowest BCUT2D eigenvalue weighted by Gasteiger charge is -2.41. The topological polar surface area (TPSA) is 43.8 Å².